The fraction of sp³-hybridized carbons (Fsp3) is 0.105. The predicted molar refractivity (Wildman–Crippen MR) is 103 cm³/mol. The van der Waals surface area contributed by atoms with Gasteiger partial charge >= 0.3 is 0 Å². The predicted octanol–water partition coefficient (Wildman–Crippen LogP) is 2.24. The van der Waals surface area contributed by atoms with E-state index >= 15 is 0 Å². The average Bonchev–Trinajstić information content (AvgIpc) is 3.00. The standard InChI is InChI=1S/C19H18N4O2S/c1-20-18(25)14-10-7-13(8-11-14)9-12-17(24)21-22-19-23(2)15-5-3-4-6-16(15)26-19/h3-12H,1-2H3,(H,20,25)(H,21,24)/b12-9+,22-19+. The molecule has 1 heterocycles. The van der Waals surface area contributed by atoms with E-state index in [1.807, 2.05) is 35.9 Å². The number of thiazole rings is 1. The van der Waals surface area contributed by atoms with E-state index < -0.39 is 0 Å². The van der Waals surface area contributed by atoms with Crippen LogP contribution in [0.25, 0.3) is 16.3 Å². The number of hydrogen-bond acceptors (Lipinski definition) is 4. The molecule has 0 bridgehead atoms. The van der Waals surface area contributed by atoms with Gasteiger partial charge in [0.1, 0.15) is 0 Å². The average molecular weight is 366 g/mol. The number of rotatable bonds is 4. The molecule has 0 aliphatic carbocycles. The zero-order valence-corrected chi connectivity index (χ0v) is 15.2. The topological polar surface area (TPSA) is 75.5 Å². The summed E-state index contributed by atoms with van der Waals surface area (Å²) < 4.78 is 3.04. The molecule has 2 aromatic carbocycles. The molecule has 0 spiro atoms. The molecule has 0 fully saturated rings. The number of aromatic nitrogens is 1. The summed E-state index contributed by atoms with van der Waals surface area (Å²) in [6.07, 6.45) is 3.08. The molecule has 0 saturated carbocycles. The van der Waals surface area contributed by atoms with E-state index in [9.17, 15) is 9.59 Å². The Bertz CT molecular complexity index is 1050. The van der Waals surface area contributed by atoms with Crippen LogP contribution in [0.15, 0.2) is 59.7 Å². The lowest BCUT2D eigenvalue weighted by molar-refractivity contribution is -0.116. The Labute approximate surface area is 154 Å². The highest BCUT2D eigenvalue weighted by Gasteiger charge is 2.03. The molecule has 3 aromatic rings. The Morgan fingerprint density at radius 3 is 2.54 bits per heavy atom. The van der Waals surface area contributed by atoms with E-state index in [0.29, 0.717) is 10.4 Å². The van der Waals surface area contributed by atoms with Crippen LogP contribution >= 0.6 is 11.3 Å². The van der Waals surface area contributed by atoms with E-state index in [-0.39, 0.29) is 11.8 Å². The first-order valence-electron chi connectivity index (χ1n) is 7.97. The van der Waals surface area contributed by atoms with Crippen molar-refractivity contribution in [3.8, 4) is 0 Å². The van der Waals surface area contributed by atoms with Gasteiger partial charge in [0.05, 0.1) is 10.2 Å². The Balaban J connectivity index is 1.69. The molecule has 6 nitrogen and oxygen atoms in total. The van der Waals surface area contributed by atoms with Crippen LogP contribution in [0.1, 0.15) is 15.9 Å². The van der Waals surface area contributed by atoms with Crippen LogP contribution in [0, 0.1) is 0 Å². The summed E-state index contributed by atoms with van der Waals surface area (Å²) in [6.45, 7) is 0. The number of benzene rings is 2. The van der Waals surface area contributed by atoms with Crippen molar-refractivity contribution in [1.29, 1.82) is 0 Å². The zero-order valence-electron chi connectivity index (χ0n) is 14.4. The van der Waals surface area contributed by atoms with E-state index in [4.69, 9.17) is 0 Å². The molecule has 132 valence electrons. The monoisotopic (exact) mass is 366 g/mol. The lowest BCUT2D eigenvalue weighted by atomic mass is 10.1. The smallest absolute Gasteiger partial charge is 0.264 e. The van der Waals surface area contributed by atoms with Crippen LogP contribution in [0.2, 0.25) is 0 Å². The molecular formula is C19H18N4O2S. The molecule has 0 radical (unpaired) electrons. The highest BCUT2D eigenvalue weighted by molar-refractivity contribution is 7.16. The second-order valence-corrected chi connectivity index (χ2v) is 6.54. The van der Waals surface area contributed by atoms with E-state index in [0.717, 1.165) is 15.8 Å². The second-order valence-electron chi connectivity index (χ2n) is 5.53. The Morgan fingerprint density at radius 2 is 1.85 bits per heavy atom. The SMILES string of the molecule is CNC(=O)c1ccc(/C=C/C(=O)N/N=c2/sc3ccccc3n2C)cc1. The number of carbonyl (C=O) groups excluding carboxylic acids is 2. The first kappa shape index (κ1) is 17.6. The summed E-state index contributed by atoms with van der Waals surface area (Å²) in [7, 11) is 3.49. The first-order valence-corrected chi connectivity index (χ1v) is 8.78. The van der Waals surface area contributed by atoms with Crippen LogP contribution in [0.5, 0.6) is 0 Å². The van der Waals surface area contributed by atoms with Gasteiger partial charge in [0, 0.05) is 25.7 Å². The molecule has 7 heteroatoms. The van der Waals surface area contributed by atoms with Gasteiger partial charge in [-0.2, -0.15) is 0 Å². The van der Waals surface area contributed by atoms with Crippen LogP contribution in [-0.4, -0.2) is 23.4 Å². The Kier molecular flexibility index (Phi) is 5.28. The van der Waals surface area contributed by atoms with Gasteiger partial charge in [-0.05, 0) is 35.9 Å². The van der Waals surface area contributed by atoms with Gasteiger partial charge in [-0.15, -0.1) is 5.10 Å². The number of para-hydroxylation sites is 1. The maximum absolute atomic E-state index is 12.0. The van der Waals surface area contributed by atoms with Crippen LogP contribution in [-0.2, 0) is 11.8 Å². The molecule has 26 heavy (non-hydrogen) atoms. The maximum Gasteiger partial charge on any atom is 0.264 e. The number of carbonyl (C=O) groups is 2. The summed E-state index contributed by atoms with van der Waals surface area (Å²) >= 11 is 1.51. The van der Waals surface area contributed by atoms with Gasteiger partial charge in [0.15, 0.2) is 0 Å². The summed E-state index contributed by atoms with van der Waals surface area (Å²) in [5.74, 6) is -0.467. The van der Waals surface area contributed by atoms with Crippen molar-refractivity contribution in [2.75, 3.05) is 7.05 Å². The van der Waals surface area contributed by atoms with Crippen molar-refractivity contribution >= 4 is 39.4 Å². The zero-order chi connectivity index (χ0) is 18.5. The third-order valence-electron chi connectivity index (χ3n) is 3.80. The van der Waals surface area contributed by atoms with Crippen molar-refractivity contribution in [2.45, 2.75) is 0 Å². The molecule has 2 N–H and O–H groups in total. The number of fused-ring (bicyclic) bond motifs is 1. The van der Waals surface area contributed by atoms with Gasteiger partial charge < -0.3 is 9.88 Å². The normalized spacial score (nSPS) is 11.8. The number of hydrogen-bond donors (Lipinski definition) is 2. The summed E-state index contributed by atoms with van der Waals surface area (Å²) in [5.41, 5.74) is 4.99. The van der Waals surface area contributed by atoms with Crippen LogP contribution < -0.4 is 15.5 Å². The third-order valence-corrected chi connectivity index (χ3v) is 4.92. The van der Waals surface area contributed by atoms with Crippen molar-refractivity contribution in [2.24, 2.45) is 12.1 Å². The van der Waals surface area contributed by atoms with Gasteiger partial charge in [-0.1, -0.05) is 35.6 Å². The Hall–Kier alpha value is -3.19. The first-order chi connectivity index (χ1) is 12.6. The van der Waals surface area contributed by atoms with E-state index in [1.54, 1.807) is 37.4 Å². The van der Waals surface area contributed by atoms with Gasteiger partial charge in [0.2, 0.25) is 4.80 Å². The second kappa shape index (κ2) is 7.79. The minimum absolute atomic E-state index is 0.145. The largest absolute Gasteiger partial charge is 0.355 e. The quantitative estimate of drug-likeness (QED) is 0.549. The fourth-order valence-corrected chi connectivity index (χ4v) is 3.37. The van der Waals surface area contributed by atoms with E-state index in [1.165, 1.54) is 17.4 Å². The Morgan fingerprint density at radius 1 is 1.12 bits per heavy atom. The minimum Gasteiger partial charge on any atom is -0.355 e. The summed E-state index contributed by atoms with van der Waals surface area (Å²) in [6, 6.07) is 14.9. The molecule has 0 unspecified atom stereocenters. The number of aryl methyl sites for hydroxylation is 1. The van der Waals surface area contributed by atoms with Gasteiger partial charge in [-0.3, -0.25) is 9.59 Å². The fourth-order valence-electron chi connectivity index (χ4n) is 2.39. The number of amides is 2. The summed E-state index contributed by atoms with van der Waals surface area (Å²) in [5, 5.41) is 6.74. The molecule has 3 rings (SSSR count). The van der Waals surface area contributed by atoms with Crippen molar-refractivity contribution in [3.63, 3.8) is 0 Å². The van der Waals surface area contributed by atoms with E-state index in [2.05, 4.69) is 15.8 Å². The molecule has 2 amide bonds. The lowest BCUT2D eigenvalue weighted by Gasteiger charge is -1.99. The van der Waals surface area contributed by atoms with Gasteiger partial charge in [-0.25, -0.2) is 5.43 Å². The van der Waals surface area contributed by atoms with Crippen LogP contribution in [0.3, 0.4) is 0 Å². The van der Waals surface area contributed by atoms with Crippen LogP contribution in [0.4, 0.5) is 0 Å². The minimum atomic E-state index is -0.321. The van der Waals surface area contributed by atoms with Crippen molar-refractivity contribution in [1.82, 2.24) is 15.3 Å². The maximum atomic E-state index is 12.0. The van der Waals surface area contributed by atoms with Gasteiger partial charge in [0.25, 0.3) is 11.8 Å². The molecule has 0 aliphatic heterocycles. The molecule has 0 saturated heterocycles. The highest BCUT2D eigenvalue weighted by atomic mass is 32.1. The summed E-state index contributed by atoms with van der Waals surface area (Å²) in [4.78, 5) is 24.2. The molecule has 0 aliphatic rings. The van der Waals surface area contributed by atoms with Crippen molar-refractivity contribution in [3.05, 3.63) is 70.5 Å². The number of nitrogens with one attached hydrogen (secondary N) is 2. The molecule has 1 aromatic heterocycles. The molecular weight excluding hydrogens is 348 g/mol. The lowest BCUT2D eigenvalue weighted by Crippen LogP contribution is -2.21. The third kappa shape index (κ3) is 3.89. The van der Waals surface area contributed by atoms with Crippen molar-refractivity contribution < 1.29 is 9.59 Å². The molecule has 0 atom stereocenters. The number of nitrogens with zero attached hydrogens (tertiary/aromatic N) is 2. The highest BCUT2D eigenvalue weighted by Crippen LogP contribution is 2.14.